The maximum absolute atomic E-state index is 12.5. The number of alkyl carbamates (subject to hydrolysis) is 1. The predicted octanol–water partition coefficient (Wildman–Crippen LogP) is 5.58. The van der Waals surface area contributed by atoms with Crippen LogP contribution in [0, 0.1) is 0 Å². The number of aldehydes is 1. The van der Waals surface area contributed by atoms with Gasteiger partial charge in [-0.1, -0.05) is 49.1 Å². The van der Waals surface area contributed by atoms with Gasteiger partial charge in [0.15, 0.2) is 6.29 Å². The zero-order valence-corrected chi connectivity index (χ0v) is 21.2. The molecule has 0 spiro atoms. The summed E-state index contributed by atoms with van der Waals surface area (Å²) >= 11 is 0. The Labute approximate surface area is 211 Å². The van der Waals surface area contributed by atoms with E-state index in [9.17, 15) is 14.4 Å². The van der Waals surface area contributed by atoms with E-state index in [0.717, 1.165) is 33.7 Å². The quantitative estimate of drug-likeness (QED) is 0.328. The topological polar surface area (TPSA) is 90.9 Å². The van der Waals surface area contributed by atoms with Gasteiger partial charge in [-0.2, -0.15) is 0 Å². The molecular weight excluding hydrogens is 458 g/mol. The first kappa shape index (κ1) is 26.5. The smallest absolute Gasteiger partial charge is 0.408 e. The van der Waals surface area contributed by atoms with Gasteiger partial charge in [-0.15, -0.1) is 0 Å². The number of rotatable bonds is 8. The van der Waals surface area contributed by atoms with Crippen molar-refractivity contribution in [2.45, 2.75) is 38.8 Å². The van der Waals surface area contributed by atoms with Gasteiger partial charge < -0.3 is 19.5 Å². The zero-order valence-electron chi connectivity index (χ0n) is 21.2. The SMILES string of the molecule is C=Cc1c(C=O)ccc(OC)c1-c1cccc2c(C[C@H](NC(=O)OC(C)(C)C)C(=O)OC)cccc12. The molecule has 0 heterocycles. The number of benzene rings is 3. The largest absolute Gasteiger partial charge is 0.496 e. The molecule has 0 aromatic heterocycles. The summed E-state index contributed by atoms with van der Waals surface area (Å²) < 4.78 is 15.9. The van der Waals surface area contributed by atoms with E-state index in [0.29, 0.717) is 16.9 Å². The molecule has 3 aromatic rings. The zero-order chi connectivity index (χ0) is 26.5. The van der Waals surface area contributed by atoms with Gasteiger partial charge in [-0.05, 0) is 60.4 Å². The fraction of sp³-hybridized carbons (Fsp3) is 0.276. The lowest BCUT2D eigenvalue weighted by atomic mass is 9.89. The average Bonchev–Trinajstić information content (AvgIpc) is 2.85. The van der Waals surface area contributed by atoms with Crippen molar-refractivity contribution in [3.8, 4) is 16.9 Å². The molecule has 0 saturated heterocycles. The van der Waals surface area contributed by atoms with Crippen molar-refractivity contribution in [1.82, 2.24) is 5.32 Å². The molecule has 0 aliphatic heterocycles. The van der Waals surface area contributed by atoms with Crippen molar-refractivity contribution < 1.29 is 28.6 Å². The average molecular weight is 490 g/mol. The Kier molecular flexibility index (Phi) is 8.14. The number of hydrogen-bond acceptors (Lipinski definition) is 6. The number of carbonyl (C=O) groups excluding carboxylic acids is 3. The number of carbonyl (C=O) groups is 3. The summed E-state index contributed by atoms with van der Waals surface area (Å²) in [4.78, 5) is 36.6. The van der Waals surface area contributed by atoms with Crippen LogP contribution in [-0.2, 0) is 20.7 Å². The van der Waals surface area contributed by atoms with Gasteiger partial charge >= 0.3 is 12.1 Å². The summed E-state index contributed by atoms with van der Waals surface area (Å²) in [5.41, 5.74) is 2.88. The summed E-state index contributed by atoms with van der Waals surface area (Å²) in [5, 5.41) is 4.39. The molecule has 1 N–H and O–H groups in total. The lowest BCUT2D eigenvalue weighted by molar-refractivity contribution is -0.143. The molecule has 0 radical (unpaired) electrons. The van der Waals surface area contributed by atoms with Gasteiger partial charge in [0.05, 0.1) is 14.2 Å². The van der Waals surface area contributed by atoms with Gasteiger partial charge in [0.25, 0.3) is 0 Å². The van der Waals surface area contributed by atoms with E-state index in [1.807, 2.05) is 36.4 Å². The highest BCUT2D eigenvalue weighted by molar-refractivity contribution is 6.03. The van der Waals surface area contributed by atoms with Crippen LogP contribution in [0.15, 0.2) is 55.1 Å². The summed E-state index contributed by atoms with van der Waals surface area (Å²) in [5.74, 6) is 0.0238. The van der Waals surface area contributed by atoms with Crippen LogP contribution >= 0.6 is 0 Å². The van der Waals surface area contributed by atoms with Crippen molar-refractivity contribution >= 4 is 35.2 Å². The summed E-state index contributed by atoms with van der Waals surface area (Å²) in [6.45, 7) is 9.14. The Bertz CT molecular complexity index is 1310. The monoisotopic (exact) mass is 489 g/mol. The lowest BCUT2D eigenvalue weighted by Gasteiger charge is -2.23. The van der Waals surface area contributed by atoms with Gasteiger partial charge in [0.2, 0.25) is 0 Å². The number of ether oxygens (including phenoxy) is 3. The van der Waals surface area contributed by atoms with E-state index < -0.39 is 23.7 Å². The molecule has 1 amide bonds. The Morgan fingerprint density at radius 1 is 1.03 bits per heavy atom. The van der Waals surface area contributed by atoms with Crippen molar-refractivity contribution in [3.05, 3.63) is 71.8 Å². The molecule has 0 saturated carbocycles. The fourth-order valence-corrected chi connectivity index (χ4v) is 4.16. The third-order valence-corrected chi connectivity index (χ3v) is 5.67. The first-order chi connectivity index (χ1) is 17.1. The Hall–Kier alpha value is -4.13. The molecule has 36 heavy (non-hydrogen) atoms. The van der Waals surface area contributed by atoms with E-state index in [1.54, 1.807) is 46.1 Å². The number of fused-ring (bicyclic) bond motifs is 1. The molecule has 7 heteroatoms. The minimum atomic E-state index is -0.948. The van der Waals surface area contributed by atoms with Gasteiger partial charge in [-0.25, -0.2) is 9.59 Å². The highest BCUT2D eigenvalue weighted by Crippen LogP contribution is 2.40. The molecule has 7 nitrogen and oxygen atoms in total. The fourth-order valence-electron chi connectivity index (χ4n) is 4.16. The highest BCUT2D eigenvalue weighted by Gasteiger charge is 2.26. The van der Waals surface area contributed by atoms with Crippen LogP contribution in [0.25, 0.3) is 28.0 Å². The molecule has 0 fully saturated rings. The first-order valence-corrected chi connectivity index (χ1v) is 11.5. The van der Waals surface area contributed by atoms with E-state index in [1.165, 1.54) is 7.11 Å². The summed E-state index contributed by atoms with van der Waals surface area (Å²) in [7, 11) is 2.85. The molecule has 1 atom stereocenters. The minimum Gasteiger partial charge on any atom is -0.496 e. The number of amides is 1. The Balaban J connectivity index is 2.12. The summed E-state index contributed by atoms with van der Waals surface area (Å²) in [6.07, 6.45) is 1.92. The maximum atomic E-state index is 12.5. The van der Waals surface area contributed by atoms with Crippen LogP contribution in [0.2, 0.25) is 0 Å². The first-order valence-electron chi connectivity index (χ1n) is 11.5. The Morgan fingerprint density at radius 2 is 1.72 bits per heavy atom. The van der Waals surface area contributed by atoms with Crippen LogP contribution in [0.3, 0.4) is 0 Å². The van der Waals surface area contributed by atoms with Gasteiger partial charge in [0, 0.05) is 17.5 Å². The normalized spacial score (nSPS) is 11.9. The van der Waals surface area contributed by atoms with Crippen LogP contribution in [0.1, 0.15) is 42.3 Å². The Morgan fingerprint density at radius 3 is 2.33 bits per heavy atom. The molecule has 3 rings (SSSR count). The molecule has 0 bridgehead atoms. The molecule has 0 unspecified atom stereocenters. The second-order valence-electron chi connectivity index (χ2n) is 9.21. The third kappa shape index (κ3) is 5.74. The summed E-state index contributed by atoms with van der Waals surface area (Å²) in [6, 6.07) is 14.0. The predicted molar refractivity (Wildman–Crippen MR) is 140 cm³/mol. The van der Waals surface area contributed by atoms with Crippen LogP contribution in [0.5, 0.6) is 5.75 Å². The number of nitrogens with one attached hydrogen (secondary N) is 1. The van der Waals surface area contributed by atoms with Crippen molar-refractivity contribution in [2.24, 2.45) is 0 Å². The lowest BCUT2D eigenvalue weighted by Crippen LogP contribution is -2.45. The van der Waals surface area contributed by atoms with Crippen LogP contribution in [0.4, 0.5) is 4.79 Å². The molecular formula is C29H31NO6. The van der Waals surface area contributed by atoms with E-state index in [4.69, 9.17) is 14.2 Å². The van der Waals surface area contributed by atoms with Crippen molar-refractivity contribution in [2.75, 3.05) is 14.2 Å². The molecule has 188 valence electrons. The third-order valence-electron chi connectivity index (χ3n) is 5.67. The number of methoxy groups -OCH3 is 2. The van der Waals surface area contributed by atoms with E-state index >= 15 is 0 Å². The van der Waals surface area contributed by atoms with E-state index in [-0.39, 0.29) is 6.42 Å². The standard InChI is InChI=1S/C29H31NO6/c1-7-20-19(17-31)14-15-25(34-5)26(20)23-13-9-11-21-18(10-8-12-22(21)23)16-24(27(32)35-6)30-28(33)36-29(2,3)4/h7-15,17,24H,1,16H2,2-6H3,(H,30,33)/t24-/m0/s1. The molecule has 3 aromatic carbocycles. The van der Waals surface area contributed by atoms with E-state index in [2.05, 4.69) is 11.9 Å². The van der Waals surface area contributed by atoms with Crippen LogP contribution < -0.4 is 10.1 Å². The second kappa shape index (κ2) is 11.1. The maximum Gasteiger partial charge on any atom is 0.408 e. The van der Waals surface area contributed by atoms with Crippen LogP contribution in [-0.4, -0.2) is 44.2 Å². The molecule has 0 aliphatic carbocycles. The number of esters is 1. The molecule has 0 aliphatic rings. The van der Waals surface area contributed by atoms with Gasteiger partial charge in [-0.3, -0.25) is 4.79 Å². The highest BCUT2D eigenvalue weighted by atomic mass is 16.6. The number of hydrogen-bond donors (Lipinski definition) is 1. The van der Waals surface area contributed by atoms with Crippen molar-refractivity contribution in [1.29, 1.82) is 0 Å². The van der Waals surface area contributed by atoms with Gasteiger partial charge in [0.1, 0.15) is 17.4 Å². The van der Waals surface area contributed by atoms with Crippen molar-refractivity contribution in [3.63, 3.8) is 0 Å². The minimum absolute atomic E-state index is 0.187. The second-order valence-corrected chi connectivity index (χ2v) is 9.21.